The Morgan fingerprint density at radius 2 is 2.17 bits per heavy atom. The Kier molecular flexibility index (Phi) is 3.67. The first-order valence-electron chi connectivity index (χ1n) is 5.86. The minimum atomic E-state index is -0.839. The van der Waals surface area contributed by atoms with Crippen molar-refractivity contribution in [1.82, 2.24) is 0 Å². The van der Waals surface area contributed by atoms with Crippen LogP contribution in [0.25, 0.3) is 6.08 Å². The smallest absolute Gasteiger partial charge is 0.331 e. The van der Waals surface area contributed by atoms with Gasteiger partial charge in [0.25, 0.3) is 0 Å². The number of methoxy groups -OCH3 is 1. The third-order valence-electron chi connectivity index (χ3n) is 3.02. The number of carbonyl (C=O) groups is 1. The maximum atomic E-state index is 10.9. The van der Waals surface area contributed by atoms with Crippen LogP contribution in [0.15, 0.2) is 23.8 Å². The molecular weight excluding hydrogens is 232 g/mol. The highest BCUT2D eigenvalue weighted by Crippen LogP contribution is 2.27. The zero-order valence-electron chi connectivity index (χ0n) is 10.5. The lowest BCUT2D eigenvalue weighted by Crippen LogP contribution is -2.14. The van der Waals surface area contributed by atoms with Crippen molar-refractivity contribution in [3.63, 3.8) is 0 Å². The predicted molar refractivity (Wildman–Crippen MR) is 67.5 cm³/mol. The zero-order chi connectivity index (χ0) is 13.1. The molecule has 0 radical (unpaired) electrons. The lowest BCUT2D eigenvalue weighted by Gasteiger charge is -2.17. The van der Waals surface area contributed by atoms with Crippen molar-refractivity contribution < 1.29 is 19.4 Å². The summed E-state index contributed by atoms with van der Waals surface area (Å²) >= 11 is 0. The molecule has 0 bridgehead atoms. The molecule has 96 valence electrons. The summed E-state index contributed by atoms with van der Waals surface area (Å²) in [6, 6.07) is 5.66. The van der Waals surface area contributed by atoms with Crippen LogP contribution in [-0.4, -0.2) is 24.5 Å². The molecule has 1 aromatic rings. The van der Waals surface area contributed by atoms with E-state index in [0.29, 0.717) is 12.0 Å². The molecule has 1 N–H and O–H groups in total. The molecule has 0 fully saturated rings. The Hall–Kier alpha value is -1.81. The topological polar surface area (TPSA) is 55.8 Å². The Balaban J connectivity index is 2.22. The molecular formula is C14H16O4. The van der Waals surface area contributed by atoms with E-state index in [1.165, 1.54) is 0 Å². The van der Waals surface area contributed by atoms with Gasteiger partial charge in [0.2, 0.25) is 0 Å². The van der Waals surface area contributed by atoms with E-state index in [2.05, 4.69) is 0 Å². The SMILES string of the molecule is COC(C)Oc1ccc2c(c1)CCC(C(=O)O)=C2. The van der Waals surface area contributed by atoms with Crippen molar-refractivity contribution in [3.05, 3.63) is 34.9 Å². The van der Waals surface area contributed by atoms with Crippen molar-refractivity contribution in [2.24, 2.45) is 0 Å². The second kappa shape index (κ2) is 5.23. The van der Waals surface area contributed by atoms with Crippen LogP contribution in [0.5, 0.6) is 5.75 Å². The Morgan fingerprint density at radius 3 is 2.83 bits per heavy atom. The van der Waals surface area contributed by atoms with E-state index in [1.807, 2.05) is 25.1 Å². The minimum absolute atomic E-state index is 0.295. The second-order valence-corrected chi connectivity index (χ2v) is 4.26. The Morgan fingerprint density at radius 1 is 1.39 bits per heavy atom. The number of hydrogen-bond donors (Lipinski definition) is 1. The van der Waals surface area contributed by atoms with Crippen molar-refractivity contribution in [3.8, 4) is 5.75 Å². The van der Waals surface area contributed by atoms with Crippen LogP contribution < -0.4 is 4.74 Å². The van der Waals surface area contributed by atoms with Gasteiger partial charge < -0.3 is 14.6 Å². The first kappa shape index (κ1) is 12.6. The van der Waals surface area contributed by atoms with Crippen molar-refractivity contribution in [2.75, 3.05) is 7.11 Å². The molecule has 0 aromatic heterocycles. The molecule has 18 heavy (non-hydrogen) atoms. The van der Waals surface area contributed by atoms with E-state index in [-0.39, 0.29) is 6.29 Å². The number of hydrogen-bond acceptors (Lipinski definition) is 3. The lowest BCUT2D eigenvalue weighted by atomic mass is 9.92. The summed E-state index contributed by atoms with van der Waals surface area (Å²) in [6.07, 6.45) is 2.72. The van der Waals surface area contributed by atoms with Gasteiger partial charge in [-0.2, -0.15) is 0 Å². The molecule has 0 spiro atoms. The summed E-state index contributed by atoms with van der Waals surface area (Å²) in [5.74, 6) is -0.0933. The molecule has 0 heterocycles. The van der Waals surface area contributed by atoms with Gasteiger partial charge in [-0.3, -0.25) is 0 Å². The van der Waals surface area contributed by atoms with Crippen molar-refractivity contribution in [2.45, 2.75) is 26.1 Å². The fraction of sp³-hybridized carbons (Fsp3) is 0.357. The standard InChI is InChI=1S/C14H16O4/c1-9(17-2)18-13-6-5-10-7-12(14(15)16)4-3-11(10)8-13/h5-9H,3-4H2,1-2H3,(H,15,16). The number of benzene rings is 1. The summed E-state index contributed by atoms with van der Waals surface area (Å²) in [5.41, 5.74) is 2.53. The molecule has 0 saturated heterocycles. The van der Waals surface area contributed by atoms with Crippen LogP contribution in [0.3, 0.4) is 0 Å². The molecule has 1 aliphatic rings. The van der Waals surface area contributed by atoms with Gasteiger partial charge in [0.15, 0.2) is 6.29 Å². The van der Waals surface area contributed by atoms with E-state index in [0.717, 1.165) is 23.3 Å². The Bertz CT molecular complexity index is 491. The van der Waals surface area contributed by atoms with Gasteiger partial charge >= 0.3 is 5.97 Å². The van der Waals surface area contributed by atoms with Gasteiger partial charge in [0, 0.05) is 12.7 Å². The molecule has 4 heteroatoms. The highest BCUT2D eigenvalue weighted by atomic mass is 16.7. The summed E-state index contributed by atoms with van der Waals surface area (Å²) in [4.78, 5) is 10.9. The zero-order valence-corrected chi connectivity index (χ0v) is 10.5. The normalized spacial score (nSPS) is 15.6. The largest absolute Gasteiger partial charge is 0.478 e. The number of fused-ring (bicyclic) bond motifs is 1. The first-order valence-corrected chi connectivity index (χ1v) is 5.86. The van der Waals surface area contributed by atoms with Crippen LogP contribution in [-0.2, 0) is 16.0 Å². The molecule has 1 aromatic carbocycles. The second-order valence-electron chi connectivity index (χ2n) is 4.26. The number of ether oxygens (including phenoxy) is 2. The number of aliphatic carboxylic acids is 1. The highest BCUT2D eigenvalue weighted by molar-refractivity contribution is 5.93. The van der Waals surface area contributed by atoms with Gasteiger partial charge in [0.05, 0.1) is 0 Å². The molecule has 4 nitrogen and oxygen atoms in total. The van der Waals surface area contributed by atoms with Gasteiger partial charge in [-0.15, -0.1) is 0 Å². The average Bonchev–Trinajstić information content (AvgIpc) is 2.37. The number of rotatable bonds is 4. The fourth-order valence-electron chi connectivity index (χ4n) is 1.95. The fourth-order valence-corrected chi connectivity index (χ4v) is 1.95. The van der Waals surface area contributed by atoms with Crippen LogP contribution in [0.1, 0.15) is 24.5 Å². The van der Waals surface area contributed by atoms with Crippen LogP contribution >= 0.6 is 0 Å². The van der Waals surface area contributed by atoms with Gasteiger partial charge in [-0.25, -0.2) is 4.79 Å². The molecule has 0 amide bonds. The summed E-state index contributed by atoms with van der Waals surface area (Å²) in [6.45, 7) is 1.82. The molecule has 2 rings (SSSR count). The van der Waals surface area contributed by atoms with Gasteiger partial charge in [-0.05, 0) is 49.1 Å². The van der Waals surface area contributed by atoms with Gasteiger partial charge in [0.1, 0.15) is 5.75 Å². The van der Waals surface area contributed by atoms with E-state index < -0.39 is 5.97 Å². The van der Waals surface area contributed by atoms with Crippen LogP contribution in [0.4, 0.5) is 0 Å². The average molecular weight is 248 g/mol. The first-order chi connectivity index (χ1) is 8.60. The van der Waals surface area contributed by atoms with Crippen LogP contribution in [0.2, 0.25) is 0 Å². The molecule has 1 unspecified atom stereocenters. The summed E-state index contributed by atoms with van der Waals surface area (Å²) in [7, 11) is 1.59. The third-order valence-corrected chi connectivity index (χ3v) is 3.02. The maximum absolute atomic E-state index is 10.9. The minimum Gasteiger partial charge on any atom is -0.478 e. The number of carboxylic acid groups (broad SMARTS) is 1. The lowest BCUT2D eigenvalue weighted by molar-refractivity contribution is -0.132. The van der Waals surface area contributed by atoms with E-state index >= 15 is 0 Å². The maximum Gasteiger partial charge on any atom is 0.331 e. The third kappa shape index (κ3) is 2.71. The van der Waals surface area contributed by atoms with E-state index in [1.54, 1.807) is 13.2 Å². The van der Waals surface area contributed by atoms with Crippen molar-refractivity contribution in [1.29, 1.82) is 0 Å². The predicted octanol–water partition coefficient (Wildman–Crippen LogP) is 2.47. The molecule has 0 saturated carbocycles. The van der Waals surface area contributed by atoms with Crippen LogP contribution in [0, 0.1) is 0 Å². The van der Waals surface area contributed by atoms with E-state index in [9.17, 15) is 4.79 Å². The molecule has 1 aliphatic carbocycles. The number of aryl methyl sites for hydroxylation is 1. The monoisotopic (exact) mass is 248 g/mol. The Labute approximate surface area is 106 Å². The summed E-state index contributed by atoms with van der Waals surface area (Å²) < 4.78 is 10.6. The molecule has 0 aliphatic heterocycles. The van der Waals surface area contributed by atoms with E-state index in [4.69, 9.17) is 14.6 Å². The van der Waals surface area contributed by atoms with Gasteiger partial charge in [-0.1, -0.05) is 6.07 Å². The number of carboxylic acids is 1. The molecule has 1 atom stereocenters. The van der Waals surface area contributed by atoms with Crippen molar-refractivity contribution >= 4 is 12.0 Å². The summed E-state index contributed by atoms with van der Waals surface area (Å²) in [5, 5.41) is 8.96. The highest BCUT2D eigenvalue weighted by Gasteiger charge is 2.16. The quantitative estimate of drug-likeness (QED) is 0.832.